The maximum atomic E-state index is 14.4. The van der Waals surface area contributed by atoms with Crippen LogP contribution in [0.3, 0.4) is 0 Å². The number of anilines is 1. The van der Waals surface area contributed by atoms with Gasteiger partial charge in [0, 0.05) is 12.0 Å². The van der Waals surface area contributed by atoms with Crippen molar-refractivity contribution in [2.45, 2.75) is 39.0 Å². The number of nitrogens with zero attached hydrogens (tertiary/aromatic N) is 2. The quantitative estimate of drug-likeness (QED) is 0.618. The molecule has 0 atom stereocenters. The van der Waals surface area contributed by atoms with Crippen molar-refractivity contribution < 1.29 is 23.7 Å². The summed E-state index contributed by atoms with van der Waals surface area (Å²) in [6, 6.07) is 4.61. The minimum Gasteiger partial charge on any atom is -0.358 e. The number of nitrogens with one attached hydrogen (secondary N) is 1. The maximum Gasteiger partial charge on any atom is 0.240 e. The second kappa shape index (κ2) is 7.28. The predicted octanol–water partition coefficient (Wildman–Crippen LogP) is 1.01. The van der Waals surface area contributed by atoms with Crippen molar-refractivity contribution in [2.75, 3.05) is 37.7 Å². The van der Waals surface area contributed by atoms with Crippen LogP contribution in [0.15, 0.2) is 18.2 Å². The number of likely N-dealkylation sites (tertiary alicyclic amines) is 1. The summed E-state index contributed by atoms with van der Waals surface area (Å²) in [6.45, 7) is 4.60. The molecule has 2 heterocycles. The molecule has 2 saturated heterocycles. The van der Waals surface area contributed by atoms with Gasteiger partial charge in [-0.1, -0.05) is 12.8 Å². The molecule has 6 nitrogen and oxygen atoms in total. The zero-order chi connectivity index (χ0) is 19.9. The molecule has 0 aromatic heterocycles. The molecule has 3 aliphatic rings. The van der Waals surface area contributed by atoms with Gasteiger partial charge in [-0.3, -0.25) is 14.4 Å². The van der Waals surface area contributed by atoms with Crippen molar-refractivity contribution >= 4 is 23.3 Å². The van der Waals surface area contributed by atoms with Gasteiger partial charge in [0.1, 0.15) is 5.82 Å². The van der Waals surface area contributed by atoms with E-state index in [0.29, 0.717) is 37.4 Å². The number of amides is 2. The van der Waals surface area contributed by atoms with Crippen molar-refractivity contribution in [3.63, 3.8) is 0 Å². The SMILES string of the molecule is CC(=O)c1ccc(N2CC[NH+](CN3C(=O)CC4(CCCC4)C3=O)CC2)c(F)c1. The molecule has 0 unspecified atom stereocenters. The fraction of sp³-hybridized carbons (Fsp3) is 0.571. The Labute approximate surface area is 164 Å². The molecule has 150 valence electrons. The van der Waals surface area contributed by atoms with Crippen molar-refractivity contribution in [1.29, 1.82) is 0 Å². The monoisotopic (exact) mass is 388 g/mol. The normalized spacial score (nSPS) is 22.5. The predicted molar refractivity (Wildman–Crippen MR) is 102 cm³/mol. The number of hydrogen-bond acceptors (Lipinski definition) is 4. The van der Waals surface area contributed by atoms with Gasteiger partial charge in [0.25, 0.3) is 0 Å². The Morgan fingerprint density at radius 1 is 1.18 bits per heavy atom. The van der Waals surface area contributed by atoms with Crippen LogP contribution in [-0.4, -0.2) is 55.3 Å². The Bertz CT molecular complexity index is 811. The Balaban J connectivity index is 1.37. The summed E-state index contributed by atoms with van der Waals surface area (Å²) in [5, 5.41) is 0. The zero-order valence-corrected chi connectivity index (χ0v) is 16.3. The third kappa shape index (κ3) is 3.32. The number of ketones is 1. The first kappa shape index (κ1) is 19.1. The average Bonchev–Trinajstić information content (AvgIpc) is 3.23. The van der Waals surface area contributed by atoms with Gasteiger partial charge in [0.15, 0.2) is 12.5 Å². The smallest absolute Gasteiger partial charge is 0.240 e. The van der Waals surface area contributed by atoms with E-state index >= 15 is 0 Å². The summed E-state index contributed by atoms with van der Waals surface area (Å²) in [5.74, 6) is -0.549. The van der Waals surface area contributed by atoms with E-state index in [4.69, 9.17) is 0 Å². The van der Waals surface area contributed by atoms with Crippen LogP contribution in [0.25, 0.3) is 0 Å². The lowest BCUT2D eigenvalue weighted by atomic mass is 9.85. The van der Waals surface area contributed by atoms with Gasteiger partial charge >= 0.3 is 0 Å². The van der Waals surface area contributed by atoms with E-state index in [0.717, 1.165) is 38.8 Å². The lowest BCUT2D eigenvalue weighted by Gasteiger charge is -2.35. The lowest BCUT2D eigenvalue weighted by Crippen LogP contribution is -3.16. The molecule has 1 spiro atoms. The number of rotatable bonds is 4. The van der Waals surface area contributed by atoms with E-state index in [1.54, 1.807) is 12.1 Å². The molecule has 4 rings (SSSR count). The highest BCUT2D eigenvalue weighted by Gasteiger charge is 2.53. The van der Waals surface area contributed by atoms with E-state index < -0.39 is 5.41 Å². The Morgan fingerprint density at radius 2 is 1.86 bits per heavy atom. The first-order valence-electron chi connectivity index (χ1n) is 10.1. The first-order valence-corrected chi connectivity index (χ1v) is 10.1. The lowest BCUT2D eigenvalue weighted by molar-refractivity contribution is -0.908. The first-order chi connectivity index (χ1) is 13.4. The highest BCUT2D eigenvalue weighted by Crippen LogP contribution is 2.46. The molecule has 0 radical (unpaired) electrons. The number of quaternary nitrogens is 1. The van der Waals surface area contributed by atoms with E-state index in [2.05, 4.69) is 0 Å². The Hall–Kier alpha value is -2.28. The number of piperazine rings is 1. The summed E-state index contributed by atoms with van der Waals surface area (Å²) >= 11 is 0. The highest BCUT2D eigenvalue weighted by molar-refractivity contribution is 6.05. The fourth-order valence-corrected chi connectivity index (χ4v) is 4.89. The van der Waals surface area contributed by atoms with Crippen LogP contribution in [0, 0.1) is 11.2 Å². The van der Waals surface area contributed by atoms with Crippen molar-refractivity contribution in [1.82, 2.24) is 4.90 Å². The minimum absolute atomic E-state index is 0.0239. The number of carbonyl (C=O) groups is 3. The van der Waals surface area contributed by atoms with Gasteiger partial charge in [0.05, 0.1) is 37.3 Å². The van der Waals surface area contributed by atoms with Crippen LogP contribution in [0.5, 0.6) is 0 Å². The molecule has 28 heavy (non-hydrogen) atoms. The summed E-state index contributed by atoms with van der Waals surface area (Å²) < 4.78 is 14.4. The van der Waals surface area contributed by atoms with Gasteiger partial charge in [-0.05, 0) is 38.0 Å². The van der Waals surface area contributed by atoms with E-state index in [-0.39, 0.29) is 23.4 Å². The Kier molecular flexibility index (Phi) is 4.95. The topological polar surface area (TPSA) is 62.1 Å². The van der Waals surface area contributed by atoms with Crippen molar-refractivity contribution in [3.8, 4) is 0 Å². The standard InChI is InChI=1S/C21H26FN3O3/c1-15(26)16-4-5-18(17(22)12-16)24-10-8-23(9-11-24)14-25-19(27)13-21(20(25)28)6-2-3-7-21/h4-5,12H,2-3,6-11,13-14H2,1H3/p+1. The van der Waals surface area contributed by atoms with E-state index in [9.17, 15) is 18.8 Å². The molecule has 3 fully saturated rings. The number of benzene rings is 1. The molecule has 1 N–H and O–H groups in total. The van der Waals surface area contributed by atoms with E-state index in [1.165, 1.54) is 22.8 Å². The number of hydrogen-bond donors (Lipinski definition) is 1. The molecule has 1 aromatic rings. The van der Waals surface area contributed by atoms with Crippen LogP contribution < -0.4 is 9.80 Å². The molecular formula is C21H27FN3O3+. The maximum absolute atomic E-state index is 14.4. The van der Waals surface area contributed by atoms with Crippen LogP contribution in [-0.2, 0) is 9.59 Å². The number of imide groups is 1. The summed E-state index contributed by atoms with van der Waals surface area (Å²) in [5.41, 5.74) is 0.458. The largest absolute Gasteiger partial charge is 0.358 e. The Morgan fingerprint density at radius 3 is 2.46 bits per heavy atom. The number of carbonyl (C=O) groups excluding carboxylic acids is 3. The fourth-order valence-electron chi connectivity index (χ4n) is 4.89. The van der Waals surface area contributed by atoms with Gasteiger partial charge in [-0.15, -0.1) is 0 Å². The molecule has 2 amide bonds. The summed E-state index contributed by atoms with van der Waals surface area (Å²) in [7, 11) is 0. The molecule has 0 bridgehead atoms. The van der Waals surface area contributed by atoms with Crippen LogP contribution in [0.2, 0.25) is 0 Å². The van der Waals surface area contributed by atoms with Gasteiger partial charge in [0.2, 0.25) is 11.8 Å². The average molecular weight is 388 g/mol. The third-order valence-electron chi connectivity index (χ3n) is 6.60. The van der Waals surface area contributed by atoms with Crippen molar-refractivity contribution in [2.24, 2.45) is 5.41 Å². The molecule has 1 aromatic carbocycles. The minimum atomic E-state index is -0.417. The second-order valence-electron chi connectivity index (χ2n) is 8.41. The van der Waals surface area contributed by atoms with Crippen LogP contribution in [0.1, 0.15) is 49.4 Å². The molecular weight excluding hydrogens is 361 g/mol. The number of Topliss-reactive ketones (excluding diaryl/α,β-unsaturated/α-hetero) is 1. The van der Waals surface area contributed by atoms with Crippen molar-refractivity contribution in [3.05, 3.63) is 29.6 Å². The van der Waals surface area contributed by atoms with Gasteiger partial charge < -0.3 is 9.80 Å². The second-order valence-corrected chi connectivity index (χ2v) is 8.41. The molecule has 2 aliphatic heterocycles. The molecule has 1 aliphatic carbocycles. The van der Waals surface area contributed by atoms with E-state index in [1.807, 2.05) is 4.90 Å². The van der Waals surface area contributed by atoms with Gasteiger partial charge in [-0.2, -0.15) is 0 Å². The van der Waals surface area contributed by atoms with Crippen LogP contribution in [0.4, 0.5) is 10.1 Å². The summed E-state index contributed by atoms with van der Waals surface area (Å²) in [6.07, 6.45) is 4.12. The van der Waals surface area contributed by atoms with Gasteiger partial charge in [-0.25, -0.2) is 9.29 Å². The molecule has 1 saturated carbocycles. The zero-order valence-electron chi connectivity index (χ0n) is 16.3. The molecule has 7 heteroatoms. The number of halogens is 1. The summed E-state index contributed by atoms with van der Waals surface area (Å²) in [4.78, 5) is 41.3. The van der Waals surface area contributed by atoms with Crippen LogP contribution >= 0.6 is 0 Å². The third-order valence-corrected chi connectivity index (χ3v) is 6.60. The highest BCUT2D eigenvalue weighted by atomic mass is 19.1.